The van der Waals surface area contributed by atoms with Crippen LogP contribution in [0.5, 0.6) is 0 Å². The van der Waals surface area contributed by atoms with Crippen LogP contribution >= 0.6 is 23.2 Å². The van der Waals surface area contributed by atoms with Crippen molar-refractivity contribution >= 4 is 40.5 Å². The van der Waals surface area contributed by atoms with Gasteiger partial charge in [-0.1, -0.05) is 29.3 Å². The molecule has 26 heavy (non-hydrogen) atoms. The average molecular weight is 394 g/mol. The Hall–Kier alpha value is -1.76. The van der Waals surface area contributed by atoms with E-state index in [2.05, 4.69) is 30.7 Å². The van der Waals surface area contributed by atoms with E-state index in [0.29, 0.717) is 10.0 Å². The number of anilines is 3. The van der Waals surface area contributed by atoms with Crippen molar-refractivity contribution in [3.05, 3.63) is 40.6 Å². The standard InChI is InChI=1S/C18H21Cl2N5O/c19-14-2-1-3-15(18(14)20)23-4-6-24(7-5-23)16-12-17(22-13-21-16)25-8-10-26-11-9-25/h1-3,12-13H,4-11H2. The molecule has 0 N–H and O–H groups in total. The average Bonchev–Trinajstić information content (AvgIpc) is 2.71. The van der Waals surface area contributed by atoms with E-state index in [1.165, 1.54) is 0 Å². The second-order valence-electron chi connectivity index (χ2n) is 6.38. The third kappa shape index (κ3) is 3.68. The normalized spacial score (nSPS) is 18.3. The maximum Gasteiger partial charge on any atom is 0.134 e. The lowest BCUT2D eigenvalue weighted by molar-refractivity contribution is 0.122. The van der Waals surface area contributed by atoms with Crippen LogP contribution in [0.4, 0.5) is 17.3 Å². The minimum Gasteiger partial charge on any atom is -0.378 e. The molecule has 2 aliphatic heterocycles. The van der Waals surface area contributed by atoms with Crippen molar-refractivity contribution in [1.29, 1.82) is 0 Å². The quantitative estimate of drug-likeness (QED) is 0.798. The first kappa shape index (κ1) is 17.6. The summed E-state index contributed by atoms with van der Waals surface area (Å²) >= 11 is 12.5. The van der Waals surface area contributed by atoms with Crippen LogP contribution in [0.25, 0.3) is 0 Å². The Kier molecular flexibility index (Phi) is 5.33. The molecule has 1 aromatic carbocycles. The number of morpholine rings is 1. The molecule has 2 saturated heterocycles. The van der Waals surface area contributed by atoms with Crippen molar-refractivity contribution in [2.75, 3.05) is 67.2 Å². The molecule has 138 valence electrons. The van der Waals surface area contributed by atoms with Crippen LogP contribution in [-0.4, -0.2) is 62.5 Å². The molecule has 0 unspecified atom stereocenters. The van der Waals surface area contributed by atoms with Gasteiger partial charge in [0.2, 0.25) is 0 Å². The predicted molar refractivity (Wildman–Crippen MR) is 106 cm³/mol. The van der Waals surface area contributed by atoms with E-state index in [9.17, 15) is 0 Å². The van der Waals surface area contributed by atoms with E-state index in [1.807, 2.05) is 18.2 Å². The fraction of sp³-hybridized carbons (Fsp3) is 0.444. The van der Waals surface area contributed by atoms with Gasteiger partial charge in [-0.2, -0.15) is 0 Å². The topological polar surface area (TPSA) is 44.7 Å². The monoisotopic (exact) mass is 393 g/mol. The van der Waals surface area contributed by atoms with E-state index < -0.39 is 0 Å². The van der Waals surface area contributed by atoms with Crippen LogP contribution in [0.1, 0.15) is 0 Å². The zero-order chi connectivity index (χ0) is 17.9. The number of halogens is 2. The van der Waals surface area contributed by atoms with Gasteiger partial charge < -0.3 is 19.4 Å². The summed E-state index contributed by atoms with van der Waals surface area (Å²) in [6, 6.07) is 7.85. The van der Waals surface area contributed by atoms with Gasteiger partial charge in [0.15, 0.2) is 0 Å². The van der Waals surface area contributed by atoms with Gasteiger partial charge >= 0.3 is 0 Å². The highest BCUT2D eigenvalue weighted by atomic mass is 35.5. The molecule has 0 aliphatic carbocycles. The minimum absolute atomic E-state index is 0.595. The second-order valence-corrected chi connectivity index (χ2v) is 7.17. The molecule has 0 bridgehead atoms. The maximum atomic E-state index is 6.36. The molecule has 0 saturated carbocycles. The molecule has 1 aromatic heterocycles. The lowest BCUT2D eigenvalue weighted by Crippen LogP contribution is -2.47. The molecule has 2 aliphatic rings. The number of hydrogen-bond donors (Lipinski definition) is 0. The highest BCUT2D eigenvalue weighted by molar-refractivity contribution is 6.43. The van der Waals surface area contributed by atoms with Crippen LogP contribution in [0.2, 0.25) is 10.0 Å². The Morgan fingerprint density at radius 2 is 1.42 bits per heavy atom. The molecule has 0 radical (unpaired) electrons. The third-order valence-corrected chi connectivity index (χ3v) is 5.66. The van der Waals surface area contributed by atoms with Crippen LogP contribution in [0.3, 0.4) is 0 Å². The summed E-state index contributed by atoms with van der Waals surface area (Å²) in [5.74, 6) is 1.94. The summed E-state index contributed by atoms with van der Waals surface area (Å²) in [5.41, 5.74) is 0.996. The maximum absolute atomic E-state index is 6.36. The number of piperazine rings is 1. The van der Waals surface area contributed by atoms with E-state index >= 15 is 0 Å². The van der Waals surface area contributed by atoms with Crippen molar-refractivity contribution in [1.82, 2.24) is 9.97 Å². The summed E-state index contributed by atoms with van der Waals surface area (Å²) in [5, 5.41) is 1.22. The number of ether oxygens (including phenoxy) is 1. The molecule has 8 heteroatoms. The zero-order valence-corrected chi connectivity index (χ0v) is 16.0. The number of aromatic nitrogens is 2. The van der Waals surface area contributed by atoms with Gasteiger partial charge in [-0.15, -0.1) is 0 Å². The fourth-order valence-corrected chi connectivity index (χ4v) is 3.80. The van der Waals surface area contributed by atoms with Gasteiger partial charge in [0.25, 0.3) is 0 Å². The Labute approximate surface area is 163 Å². The first-order valence-electron chi connectivity index (χ1n) is 8.81. The van der Waals surface area contributed by atoms with E-state index in [1.54, 1.807) is 6.33 Å². The van der Waals surface area contributed by atoms with E-state index in [0.717, 1.165) is 69.8 Å². The predicted octanol–water partition coefficient (Wildman–Crippen LogP) is 2.95. The van der Waals surface area contributed by atoms with Crippen LogP contribution in [0.15, 0.2) is 30.6 Å². The first-order valence-corrected chi connectivity index (χ1v) is 9.56. The van der Waals surface area contributed by atoms with Crippen molar-refractivity contribution in [3.63, 3.8) is 0 Å². The molecule has 0 atom stereocenters. The van der Waals surface area contributed by atoms with Gasteiger partial charge in [0, 0.05) is 45.3 Å². The molecular weight excluding hydrogens is 373 g/mol. The van der Waals surface area contributed by atoms with Crippen LogP contribution in [0, 0.1) is 0 Å². The summed E-state index contributed by atoms with van der Waals surface area (Å²) in [6.45, 7) is 6.74. The Balaban J connectivity index is 1.44. The third-order valence-electron chi connectivity index (χ3n) is 4.85. The number of benzene rings is 1. The largest absolute Gasteiger partial charge is 0.378 e. The van der Waals surface area contributed by atoms with Gasteiger partial charge in [-0.05, 0) is 12.1 Å². The van der Waals surface area contributed by atoms with Crippen LogP contribution < -0.4 is 14.7 Å². The van der Waals surface area contributed by atoms with Gasteiger partial charge in [-0.3, -0.25) is 0 Å². The zero-order valence-electron chi connectivity index (χ0n) is 14.4. The fourth-order valence-electron chi connectivity index (χ4n) is 3.39. The highest BCUT2D eigenvalue weighted by Gasteiger charge is 2.22. The van der Waals surface area contributed by atoms with Gasteiger partial charge in [0.05, 0.1) is 28.9 Å². The first-order chi connectivity index (χ1) is 12.7. The SMILES string of the molecule is Clc1cccc(N2CCN(c3cc(N4CCOCC4)ncn3)CC2)c1Cl. The molecule has 2 aromatic rings. The summed E-state index contributed by atoms with van der Waals surface area (Å²) in [7, 11) is 0. The number of rotatable bonds is 3. The molecule has 3 heterocycles. The second kappa shape index (κ2) is 7.86. The smallest absolute Gasteiger partial charge is 0.134 e. The van der Waals surface area contributed by atoms with Crippen LogP contribution in [-0.2, 0) is 4.74 Å². The summed E-state index contributed by atoms with van der Waals surface area (Å²) in [4.78, 5) is 15.7. The lowest BCUT2D eigenvalue weighted by atomic mass is 10.2. The molecule has 2 fully saturated rings. The molecule has 0 amide bonds. The van der Waals surface area contributed by atoms with Crippen molar-refractivity contribution in [3.8, 4) is 0 Å². The van der Waals surface area contributed by atoms with E-state index in [-0.39, 0.29) is 0 Å². The summed E-state index contributed by atoms with van der Waals surface area (Å²) < 4.78 is 5.42. The van der Waals surface area contributed by atoms with Gasteiger partial charge in [0.1, 0.15) is 18.0 Å². The minimum atomic E-state index is 0.595. The van der Waals surface area contributed by atoms with Crippen molar-refractivity contribution in [2.45, 2.75) is 0 Å². The Morgan fingerprint density at radius 3 is 2.12 bits per heavy atom. The highest BCUT2D eigenvalue weighted by Crippen LogP contribution is 2.33. The Bertz CT molecular complexity index is 761. The van der Waals surface area contributed by atoms with Crippen molar-refractivity contribution in [2.24, 2.45) is 0 Å². The molecular formula is C18H21Cl2N5O. The number of nitrogens with zero attached hydrogens (tertiary/aromatic N) is 5. The molecule has 6 nitrogen and oxygen atoms in total. The summed E-state index contributed by atoms with van der Waals surface area (Å²) in [6.07, 6.45) is 1.65. The molecule has 4 rings (SSSR count). The molecule has 0 spiro atoms. The number of hydrogen-bond acceptors (Lipinski definition) is 6. The van der Waals surface area contributed by atoms with E-state index in [4.69, 9.17) is 27.9 Å². The Morgan fingerprint density at radius 1 is 0.808 bits per heavy atom. The van der Waals surface area contributed by atoms with Gasteiger partial charge in [-0.25, -0.2) is 9.97 Å². The van der Waals surface area contributed by atoms with Crippen molar-refractivity contribution < 1.29 is 4.74 Å². The lowest BCUT2D eigenvalue weighted by Gasteiger charge is -2.37.